The van der Waals surface area contributed by atoms with E-state index < -0.39 is 21.7 Å². The largest absolute Gasteiger partial charge is 0.348 e. The third-order valence-electron chi connectivity index (χ3n) is 3.79. The molecule has 0 aromatic heterocycles. The fourth-order valence-corrected chi connectivity index (χ4v) is 3.54. The molecular formula is C18H20BrFN2O3S. The molecule has 2 rings (SSSR count). The van der Waals surface area contributed by atoms with Gasteiger partial charge in [0.2, 0.25) is 15.9 Å². The second kappa shape index (κ2) is 8.75. The molecule has 0 heterocycles. The van der Waals surface area contributed by atoms with E-state index >= 15 is 0 Å². The summed E-state index contributed by atoms with van der Waals surface area (Å²) in [6.45, 7) is 1.51. The van der Waals surface area contributed by atoms with Crippen molar-refractivity contribution in [3.8, 4) is 0 Å². The monoisotopic (exact) mass is 442 g/mol. The quantitative estimate of drug-likeness (QED) is 0.715. The van der Waals surface area contributed by atoms with Crippen LogP contribution < -0.4 is 5.32 Å². The van der Waals surface area contributed by atoms with Gasteiger partial charge < -0.3 is 5.32 Å². The topological polar surface area (TPSA) is 66.5 Å². The molecule has 0 saturated carbocycles. The summed E-state index contributed by atoms with van der Waals surface area (Å²) in [6.07, 6.45) is 1.04. The van der Waals surface area contributed by atoms with Crippen LogP contribution >= 0.6 is 15.9 Å². The lowest BCUT2D eigenvalue weighted by molar-refractivity contribution is -0.122. The van der Waals surface area contributed by atoms with Gasteiger partial charge in [-0.05, 0) is 42.3 Å². The summed E-state index contributed by atoms with van der Waals surface area (Å²) in [5, 5.41) is 2.79. The van der Waals surface area contributed by atoms with Gasteiger partial charge in [0.15, 0.2) is 0 Å². The molecule has 0 unspecified atom stereocenters. The fraction of sp³-hybridized carbons (Fsp3) is 0.278. The van der Waals surface area contributed by atoms with Crippen LogP contribution in [0.4, 0.5) is 4.39 Å². The van der Waals surface area contributed by atoms with Crippen molar-refractivity contribution in [3.63, 3.8) is 0 Å². The van der Waals surface area contributed by atoms with Gasteiger partial charge in [-0.15, -0.1) is 0 Å². The maximum absolute atomic E-state index is 13.0. The van der Waals surface area contributed by atoms with Crippen molar-refractivity contribution >= 4 is 31.9 Å². The molecule has 1 atom stereocenters. The highest BCUT2D eigenvalue weighted by atomic mass is 79.9. The lowest BCUT2D eigenvalue weighted by Gasteiger charge is -2.21. The van der Waals surface area contributed by atoms with Crippen molar-refractivity contribution in [2.75, 3.05) is 12.8 Å². The SMILES string of the molecule is C[C@H](NC(=O)CN(Cc1ccc(F)cc1)S(C)(=O)=O)c1cccc(Br)c1. The average molecular weight is 443 g/mol. The molecular weight excluding hydrogens is 423 g/mol. The number of carbonyl (C=O) groups is 1. The van der Waals surface area contributed by atoms with Crippen LogP contribution in [0.1, 0.15) is 24.1 Å². The minimum absolute atomic E-state index is 0.00218. The van der Waals surface area contributed by atoms with Gasteiger partial charge in [-0.1, -0.05) is 40.2 Å². The standard InChI is InChI=1S/C18H20BrFN2O3S/c1-13(15-4-3-5-16(19)10-15)21-18(23)12-22(26(2,24)25)11-14-6-8-17(20)9-7-14/h3-10,13H,11-12H2,1-2H3,(H,21,23)/t13-/m0/s1. The number of carbonyl (C=O) groups excluding carboxylic acids is 1. The van der Waals surface area contributed by atoms with E-state index in [-0.39, 0.29) is 19.1 Å². The summed E-state index contributed by atoms with van der Waals surface area (Å²) in [4.78, 5) is 12.3. The molecule has 0 fully saturated rings. The second-order valence-electron chi connectivity index (χ2n) is 6.00. The van der Waals surface area contributed by atoms with Crippen molar-refractivity contribution in [1.82, 2.24) is 9.62 Å². The van der Waals surface area contributed by atoms with Crippen LogP contribution in [0.5, 0.6) is 0 Å². The van der Waals surface area contributed by atoms with E-state index in [1.807, 2.05) is 31.2 Å². The first kappa shape index (κ1) is 20.5. The van der Waals surface area contributed by atoms with E-state index in [0.29, 0.717) is 5.56 Å². The van der Waals surface area contributed by atoms with Gasteiger partial charge in [-0.2, -0.15) is 4.31 Å². The summed E-state index contributed by atoms with van der Waals surface area (Å²) >= 11 is 3.38. The molecule has 0 bridgehead atoms. The van der Waals surface area contributed by atoms with E-state index in [0.717, 1.165) is 20.6 Å². The normalized spacial score (nSPS) is 12.8. The van der Waals surface area contributed by atoms with E-state index in [9.17, 15) is 17.6 Å². The maximum Gasteiger partial charge on any atom is 0.235 e. The van der Waals surface area contributed by atoms with Crippen LogP contribution in [0.2, 0.25) is 0 Å². The first-order chi connectivity index (χ1) is 12.1. The van der Waals surface area contributed by atoms with Crippen molar-refractivity contribution in [1.29, 1.82) is 0 Å². The van der Waals surface area contributed by atoms with Crippen LogP contribution in [0, 0.1) is 5.82 Å². The Kier molecular flexibility index (Phi) is 6.91. The number of halogens is 2. The number of hydrogen-bond donors (Lipinski definition) is 1. The van der Waals surface area contributed by atoms with Gasteiger partial charge in [0, 0.05) is 11.0 Å². The fourth-order valence-electron chi connectivity index (χ4n) is 2.39. The van der Waals surface area contributed by atoms with Gasteiger partial charge in [0.05, 0.1) is 18.8 Å². The number of amides is 1. The van der Waals surface area contributed by atoms with E-state index in [1.54, 1.807) is 0 Å². The molecule has 1 amide bonds. The molecule has 26 heavy (non-hydrogen) atoms. The van der Waals surface area contributed by atoms with Gasteiger partial charge >= 0.3 is 0 Å². The molecule has 2 aromatic rings. The predicted octanol–water partition coefficient (Wildman–Crippen LogP) is 3.23. The Balaban J connectivity index is 2.05. The summed E-state index contributed by atoms with van der Waals surface area (Å²) in [7, 11) is -3.60. The third kappa shape index (κ3) is 6.19. The number of sulfonamides is 1. The molecule has 0 aliphatic heterocycles. The number of nitrogens with zero attached hydrogens (tertiary/aromatic N) is 1. The van der Waals surface area contributed by atoms with Gasteiger partial charge in [0.25, 0.3) is 0 Å². The first-order valence-corrected chi connectivity index (χ1v) is 10.5. The second-order valence-corrected chi connectivity index (χ2v) is 8.90. The molecule has 0 aliphatic carbocycles. The van der Waals surface area contributed by atoms with Crippen molar-refractivity contribution < 1.29 is 17.6 Å². The highest BCUT2D eigenvalue weighted by Crippen LogP contribution is 2.18. The molecule has 1 N–H and O–H groups in total. The molecule has 0 spiro atoms. The Morgan fingerprint density at radius 2 is 1.88 bits per heavy atom. The van der Waals surface area contributed by atoms with Crippen LogP contribution in [0.15, 0.2) is 53.0 Å². The summed E-state index contributed by atoms with van der Waals surface area (Å²) in [6, 6.07) is 12.7. The van der Waals surface area contributed by atoms with E-state index in [2.05, 4.69) is 21.2 Å². The highest BCUT2D eigenvalue weighted by molar-refractivity contribution is 9.10. The average Bonchev–Trinajstić information content (AvgIpc) is 2.55. The van der Waals surface area contributed by atoms with Gasteiger partial charge in [-0.25, -0.2) is 12.8 Å². The van der Waals surface area contributed by atoms with Crippen LogP contribution in [0.3, 0.4) is 0 Å². The smallest absolute Gasteiger partial charge is 0.235 e. The molecule has 0 radical (unpaired) electrons. The van der Waals surface area contributed by atoms with E-state index in [4.69, 9.17) is 0 Å². The lowest BCUT2D eigenvalue weighted by atomic mass is 10.1. The summed E-state index contributed by atoms with van der Waals surface area (Å²) in [5.41, 5.74) is 1.50. The number of benzene rings is 2. The first-order valence-electron chi connectivity index (χ1n) is 7.89. The zero-order valence-corrected chi connectivity index (χ0v) is 16.8. The molecule has 8 heteroatoms. The molecule has 0 aliphatic rings. The molecule has 2 aromatic carbocycles. The Morgan fingerprint density at radius 3 is 2.46 bits per heavy atom. The molecule has 5 nitrogen and oxygen atoms in total. The summed E-state index contributed by atoms with van der Waals surface area (Å²) < 4.78 is 39.0. The highest BCUT2D eigenvalue weighted by Gasteiger charge is 2.21. The molecule has 0 saturated heterocycles. The van der Waals surface area contributed by atoms with E-state index in [1.165, 1.54) is 24.3 Å². The predicted molar refractivity (Wildman–Crippen MR) is 102 cm³/mol. The van der Waals surface area contributed by atoms with Crippen molar-refractivity contribution in [2.45, 2.75) is 19.5 Å². The maximum atomic E-state index is 13.0. The van der Waals surface area contributed by atoms with Crippen LogP contribution in [0.25, 0.3) is 0 Å². The minimum Gasteiger partial charge on any atom is -0.348 e. The molecule has 140 valence electrons. The van der Waals surface area contributed by atoms with Gasteiger partial charge in [-0.3, -0.25) is 4.79 Å². The van der Waals surface area contributed by atoms with Gasteiger partial charge in [0.1, 0.15) is 5.82 Å². The van der Waals surface area contributed by atoms with Crippen LogP contribution in [-0.4, -0.2) is 31.4 Å². The van der Waals surface area contributed by atoms with Crippen LogP contribution in [-0.2, 0) is 21.4 Å². The van der Waals surface area contributed by atoms with Crippen molar-refractivity contribution in [3.05, 3.63) is 69.9 Å². The number of rotatable bonds is 7. The zero-order chi connectivity index (χ0) is 19.3. The Hall–Kier alpha value is -1.77. The minimum atomic E-state index is -3.60. The van der Waals surface area contributed by atoms with Crippen molar-refractivity contribution in [2.24, 2.45) is 0 Å². The Bertz CT molecular complexity index is 872. The lowest BCUT2D eigenvalue weighted by Crippen LogP contribution is -2.40. The third-order valence-corrected chi connectivity index (χ3v) is 5.48. The number of hydrogen-bond acceptors (Lipinski definition) is 3. The zero-order valence-electron chi connectivity index (χ0n) is 14.4. The summed E-state index contributed by atoms with van der Waals surface area (Å²) in [5.74, 6) is -0.815. The Morgan fingerprint density at radius 1 is 1.23 bits per heavy atom. The Labute approximate surface area is 161 Å². The number of nitrogens with one attached hydrogen (secondary N) is 1.